The average Bonchev–Trinajstić information content (AvgIpc) is 3.12. The molecule has 29 heavy (non-hydrogen) atoms. The molecule has 1 aliphatic rings. The number of piperidine rings is 1. The zero-order valence-corrected chi connectivity index (χ0v) is 18.7. The highest BCUT2D eigenvalue weighted by Crippen LogP contribution is 2.27. The number of carbonyl (C=O) groups excluding carboxylic acids is 1. The van der Waals surface area contributed by atoms with Gasteiger partial charge in [-0.05, 0) is 48.9 Å². The van der Waals surface area contributed by atoms with Crippen LogP contribution >= 0.6 is 11.8 Å². The molecule has 2 atom stereocenters. The van der Waals surface area contributed by atoms with Gasteiger partial charge in [-0.3, -0.25) is 4.79 Å². The van der Waals surface area contributed by atoms with Crippen LogP contribution in [0.15, 0.2) is 29.4 Å². The molecule has 1 saturated heterocycles. The number of carbonyl (C=O) groups is 1. The van der Waals surface area contributed by atoms with Crippen molar-refractivity contribution >= 4 is 17.7 Å². The van der Waals surface area contributed by atoms with Gasteiger partial charge in [0.15, 0.2) is 11.0 Å². The van der Waals surface area contributed by atoms with Crippen molar-refractivity contribution in [2.45, 2.75) is 51.7 Å². The van der Waals surface area contributed by atoms with Crippen LogP contribution in [0.5, 0.6) is 5.75 Å². The first kappa shape index (κ1) is 21.7. The van der Waals surface area contributed by atoms with Crippen LogP contribution in [0.2, 0.25) is 0 Å². The quantitative estimate of drug-likeness (QED) is 0.599. The molecule has 158 valence electrons. The molecule has 0 N–H and O–H groups in total. The molecular weight excluding hydrogens is 384 g/mol. The van der Waals surface area contributed by atoms with E-state index in [1.54, 1.807) is 7.11 Å². The molecule has 1 aliphatic heterocycles. The molecule has 0 bridgehead atoms. The summed E-state index contributed by atoms with van der Waals surface area (Å²) in [6.45, 7) is 9.20. The zero-order chi connectivity index (χ0) is 20.8. The summed E-state index contributed by atoms with van der Waals surface area (Å²) in [5.74, 6) is 3.41. The highest BCUT2D eigenvalue weighted by molar-refractivity contribution is 7.99. The predicted molar refractivity (Wildman–Crippen MR) is 117 cm³/mol. The molecule has 6 nitrogen and oxygen atoms in total. The van der Waals surface area contributed by atoms with E-state index in [-0.39, 0.29) is 5.91 Å². The first-order valence-corrected chi connectivity index (χ1v) is 11.5. The molecule has 3 rings (SSSR count). The largest absolute Gasteiger partial charge is 0.497 e. The van der Waals surface area contributed by atoms with Crippen molar-refractivity contribution < 1.29 is 9.53 Å². The minimum Gasteiger partial charge on any atom is -0.497 e. The fourth-order valence-electron chi connectivity index (χ4n) is 3.95. The van der Waals surface area contributed by atoms with Crippen molar-refractivity contribution in [2.75, 3.05) is 26.0 Å². The van der Waals surface area contributed by atoms with Crippen molar-refractivity contribution in [3.8, 4) is 17.1 Å². The van der Waals surface area contributed by atoms with Gasteiger partial charge in [-0.2, -0.15) is 0 Å². The second-order valence-electron chi connectivity index (χ2n) is 8.07. The monoisotopic (exact) mass is 416 g/mol. The van der Waals surface area contributed by atoms with Gasteiger partial charge in [0.2, 0.25) is 5.91 Å². The van der Waals surface area contributed by atoms with Gasteiger partial charge in [-0.25, -0.2) is 0 Å². The van der Waals surface area contributed by atoms with E-state index in [0.717, 1.165) is 54.8 Å². The molecule has 1 amide bonds. The summed E-state index contributed by atoms with van der Waals surface area (Å²) < 4.78 is 7.40. The Kier molecular flexibility index (Phi) is 7.58. The topological polar surface area (TPSA) is 60.2 Å². The van der Waals surface area contributed by atoms with Crippen molar-refractivity contribution in [3.63, 3.8) is 0 Å². The maximum absolute atomic E-state index is 12.8. The van der Waals surface area contributed by atoms with Gasteiger partial charge in [0, 0.05) is 25.2 Å². The number of unbranched alkanes of at least 4 members (excludes halogenated alkanes) is 1. The number of hydrogen-bond donors (Lipinski definition) is 0. The van der Waals surface area contributed by atoms with E-state index >= 15 is 0 Å². The molecular formula is C22H32N4O2S. The third kappa shape index (κ3) is 5.53. The van der Waals surface area contributed by atoms with Crippen molar-refractivity contribution in [2.24, 2.45) is 11.8 Å². The van der Waals surface area contributed by atoms with Crippen LogP contribution in [-0.2, 0) is 11.3 Å². The normalized spacial score (nSPS) is 19.4. The number of likely N-dealkylation sites (tertiary alicyclic amines) is 1. The fourth-order valence-corrected chi connectivity index (χ4v) is 4.82. The molecule has 7 heteroatoms. The zero-order valence-electron chi connectivity index (χ0n) is 17.9. The number of methoxy groups -OCH3 is 1. The van der Waals surface area contributed by atoms with Gasteiger partial charge < -0.3 is 14.2 Å². The number of amides is 1. The Balaban J connectivity index is 1.72. The third-order valence-corrected chi connectivity index (χ3v) is 6.30. The molecule has 0 saturated carbocycles. The Labute approximate surface area is 178 Å². The van der Waals surface area contributed by atoms with Gasteiger partial charge in [0.1, 0.15) is 5.75 Å². The summed E-state index contributed by atoms with van der Waals surface area (Å²) in [6, 6.07) is 7.87. The molecule has 1 aromatic heterocycles. The number of benzene rings is 1. The SMILES string of the molecule is CCCCn1c(SCC(=O)N2CC(C)CC(C)C2)nnc1-c1ccc(OC)cc1. The fraction of sp³-hybridized carbons (Fsp3) is 0.591. The maximum Gasteiger partial charge on any atom is 0.233 e. The van der Waals surface area contributed by atoms with Gasteiger partial charge in [-0.15, -0.1) is 10.2 Å². The molecule has 0 radical (unpaired) electrons. The van der Waals surface area contributed by atoms with E-state index in [2.05, 4.69) is 35.5 Å². The Morgan fingerprint density at radius 2 is 1.86 bits per heavy atom. The summed E-state index contributed by atoms with van der Waals surface area (Å²) in [5.41, 5.74) is 1.01. The molecule has 2 aromatic rings. The van der Waals surface area contributed by atoms with Crippen LogP contribution in [0.3, 0.4) is 0 Å². The van der Waals surface area contributed by atoms with E-state index in [1.807, 2.05) is 29.2 Å². The van der Waals surface area contributed by atoms with E-state index < -0.39 is 0 Å². The molecule has 2 unspecified atom stereocenters. The number of nitrogens with zero attached hydrogens (tertiary/aromatic N) is 4. The first-order valence-electron chi connectivity index (χ1n) is 10.5. The molecule has 2 heterocycles. The maximum atomic E-state index is 12.8. The van der Waals surface area contributed by atoms with Crippen LogP contribution in [0.1, 0.15) is 40.0 Å². The lowest BCUT2D eigenvalue weighted by Crippen LogP contribution is -2.43. The number of hydrogen-bond acceptors (Lipinski definition) is 5. The third-order valence-electron chi connectivity index (χ3n) is 5.35. The molecule has 1 fully saturated rings. The van der Waals surface area contributed by atoms with Gasteiger partial charge in [-0.1, -0.05) is 39.0 Å². The predicted octanol–water partition coefficient (Wildman–Crippen LogP) is 4.35. The second-order valence-corrected chi connectivity index (χ2v) is 9.02. The van der Waals surface area contributed by atoms with Crippen LogP contribution in [0.4, 0.5) is 0 Å². The minimum atomic E-state index is 0.199. The van der Waals surface area contributed by atoms with Crippen LogP contribution in [0, 0.1) is 11.8 Å². The summed E-state index contributed by atoms with van der Waals surface area (Å²) in [5, 5.41) is 9.66. The summed E-state index contributed by atoms with van der Waals surface area (Å²) >= 11 is 1.50. The molecule has 1 aromatic carbocycles. The highest BCUT2D eigenvalue weighted by atomic mass is 32.2. The van der Waals surface area contributed by atoms with Gasteiger partial charge >= 0.3 is 0 Å². The first-order chi connectivity index (χ1) is 14.0. The number of ether oxygens (including phenoxy) is 1. The molecule has 0 spiro atoms. The number of thioether (sulfide) groups is 1. The van der Waals surface area contributed by atoms with Crippen LogP contribution in [0.25, 0.3) is 11.4 Å². The van der Waals surface area contributed by atoms with Gasteiger partial charge in [0.05, 0.1) is 12.9 Å². The number of aromatic nitrogens is 3. The van der Waals surface area contributed by atoms with Crippen LogP contribution < -0.4 is 4.74 Å². The smallest absolute Gasteiger partial charge is 0.233 e. The van der Waals surface area contributed by atoms with Crippen LogP contribution in [-0.4, -0.2) is 51.5 Å². The Bertz CT molecular complexity index is 796. The van der Waals surface area contributed by atoms with E-state index in [0.29, 0.717) is 17.6 Å². The van der Waals surface area contributed by atoms with E-state index in [4.69, 9.17) is 4.74 Å². The summed E-state index contributed by atoms with van der Waals surface area (Å²) in [6.07, 6.45) is 3.34. The standard InChI is InChI=1S/C22H32N4O2S/c1-5-6-11-26-21(18-7-9-19(28-4)10-8-18)23-24-22(26)29-15-20(27)25-13-16(2)12-17(3)14-25/h7-10,16-17H,5-6,11-15H2,1-4H3. The molecule has 0 aliphatic carbocycles. The van der Waals surface area contributed by atoms with E-state index in [1.165, 1.54) is 18.2 Å². The van der Waals surface area contributed by atoms with Crippen molar-refractivity contribution in [3.05, 3.63) is 24.3 Å². The Hall–Kier alpha value is -2.02. The second kappa shape index (κ2) is 10.1. The summed E-state index contributed by atoms with van der Waals surface area (Å²) in [4.78, 5) is 14.8. The lowest BCUT2D eigenvalue weighted by Gasteiger charge is -2.34. The highest BCUT2D eigenvalue weighted by Gasteiger charge is 2.26. The number of rotatable bonds is 8. The Morgan fingerprint density at radius 3 is 2.48 bits per heavy atom. The average molecular weight is 417 g/mol. The minimum absolute atomic E-state index is 0.199. The van der Waals surface area contributed by atoms with E-state index in [9.17, 15) is 4.79 Å². The van der Waals surface area contributed by atoms with Crippen molar-refractivity contribution in [1.82, 2.24) is 19.7 Å². The lowest BCUT2D eigenvalue weighted by molar-refractivity contribution is -0.130. The Morgan fingerprint density at radius 1 is 1.17 bits per heavy atom. The lowest BCUT2D eigenvalue weighted by atomic mass is 9.92. The van der Waals surface area contributed by atoms with Gasteiger partial charge in [0.25, 0.3) is 0 Å². The van der Waals surface area contributed by atoms with Crippen molar-refractivity contribution in [1.29, 1.82) is 0 Å². The summed E-state index contributed by atoms with van der Waals surface area (Å²) in [7, 11) is 1.66.